The van der Waals surface area contributed by atoms with Gasteiger partial charge in [0.1, 0.15) is 12.3 Å². The summed E-state index contributed by atoms with van der Waals surface area (Å²) in [7, 11) is 0. The summed E-state index contributed by atoms with van der Waals surface area (Å²) in [6.07, 6.45) is 0. The van der Waals surface area contributed by atoms with E-state index in [-0.39, 0.29) is 12.3 Å². The SMILES string of the molecule is Cc1ccc(C(=O)N(CC(=O)O)C(C)(C)C)o1. The summed E-state index contributed by atoms with van der Waals surface area (Å²) in [6, 6.07) is 3.23. The van der Waals surface area contributed by atoms with Gasteiger partial charge in [-0.2, -0.15) is 0 Å². The van der Waals surface area contributed by atoms with Gasteiger partial charge in [0.25, 0.3) is 5.91 Å². The Labute approximate surface area is 100 Å². The van der Waals surface area contributed by atoms with Crippen LogP contribution in [-0.2, 0) is 4.79 Å². The van der Waals surface area contributed by atoms with Gasteiger partial charge < -0.3 is 14.4 Å². The van der Waals surface area contributed by atoms with Crippen molar-refractivity contribution in [2.45, 2.75) is 33.2 Å². The molecule has 0 aliphatic heterocycles. The summed E-state index contributed by atoms with van der Waals surface area (Å²) in [4.78, 5) is 24.2. The van der Waals surface area contributed by atoms with Crippen LogP contribution in [0.15, 0.2) is 16.5 Å². The predicted octanol–water partition coefficient (Wildman–Crippen LogP) is 1.91. The van der Waals surface area contributed by atoms with Crippen LogP contribution in [0.5, 0.6) is 0 Å². The molecule has 0 unspecified atom stereocenters. The molecule has 0 bridgehead atoms. The first kappa shape index (κ1) is 13.3. The van der Waals surface area contributed by atoms with E-state index in [0.717, 1.165) is 0 Å². The largest absolute Gasteiger partial charge is 0.480 e. The third-order valence-electron chi connectivity index (χ3n) is 2.30. The number of nitrogens with zero attached hydrogens (tertiary/aromatic N) is 1. The lowest BCUT2D eigenvalue weighted by atomic mass is 10.1. The first-order chi connectivity index (χ1) is 7.71. The molecular formula is C12H17NO4. The van der Waals surface area contributed by atoms with Crippen LogP contribution in [0, 0.1) is 6.92 Å². The topological polar surface area (TPSA) is 70.8 Å². The second-order valence-corrected chi connectivity index (χ2v) is 4.87. The van der Waals surface area contributed by atoms with Gasteiger partial charge in [0, 0.05) is 5.54 Å². The highest BCUT2D eigenvalue weighted by Crippen LogP contribution is 2.18. The molecule has 0 fully saturated rings. The molecule has 94 valence electrons. The van der Waals surface area contributed by atoms with E-state index in [0.29, 0.717) is 5.76 Å². The highest BCUT2D eigenvalue weighted by Gasteiger charge is 2.30. The van der Waals surface area contributed by atoms with E-state index in [1.165, 1.54) is 4.90 Å². The first-order valence-electron chi connectivity index (χ1n) is 5.32. The fourth-order valence-electron chi connectivity index (χ4n) is 1.43. The van der Waals surface area contributed by atoms with Gasteiger partial charge in [-0.1, -0.05) is 0 Å². The normalized spacial score (nSPS) is 11.3. The van der Waals surface area contributed by atoms with Crippen molar-refractivity contribution in [1.29, 1.82) is 0 Å². The fraction of sp³-hybridized carbons (Fsp3) is 0.500. The number of aryl methyl sites for hydroxylation is 1. The van der Waals surface area contributed by atoms with Crippen molar-refractivity contribution in [3.05, 3.63) is 23.7 Å². The number of carbonyl (C=O) groups excluding carboxylic acids is 1. The van der Waals surface area contributed by atoms with Gasteiger partial charge in [0.2, 0.25) is 0 Å². The van der Waals surface area contributed by atoms with Gasteiger partial charge >= 0.3 is 5.97 Å². The summed E-state index contributed by atoms with van der Waals surface area (Å²) in [5.41, 5.74) is -0.573. The van der Waals surface area contributed by atoms with E-state index >= 15 is 0 Å². The van der Waals surface area contributed by atoms with Crippen molar-refractivity contribution < 1.29 is 19.1 Å². The minimum atomic E-state index is -1.04. The molecule has 1 aromatic heterocycles. The van der Waals surface area contributed by atoms with Gasteiger partial charge in [-0.3, -0.25) is 9.59 Å². The number of furan rings is 1. The molecule has 0 radical (unpaired) electrons. The Morgan fingerprint density at radius 2 is 1.94 bits per heavy atom. The smallest absolute Gasteiger partial charge is 0.323 e. The molecule has 0 saturated heterocycles. The maximum atomic E-state index is 12.1. The number of carboxylic acid groups (broad SMARTS) is 1. The summed E-state index contributed by atoms with van der Waals surface area (Å²) in [5, 5.41) is 8.82. The second kappa shape index (κ2) is 4.61. The van der Waals surface area contributed by atoms with Gasteiger partial charge in [-0.15, -0.1) is 0 Å². The molecule has 5 heteroatoms. The van der Waals surface area contributed by atoms with E-state index in [9.17, 15) is 9.59 Å². The zero-order valence-corrected chi connectivity index (χ0v) is 10.5. The van der Waals surface area contributed by atoms with Crippen molar-refractivity contribution in [3.8, 4) is 0 Å². The lowest BCUT2D eigenvalue weighted by Crippen LogP contribution is -2.48. The standard InChI is InChI=1S/C12H17NO4/c1-8-5-6-9(17-8)11(16)13(7-10(14)15)12(2,3)4/h5-6H,7H2,1-4H3,(H,14,15). The van der Waals surface area contributed by atoms with Crippen molar-refractivity contribution in [2.75, 3.05) is 6.54 Å². The Hall–Kier alpha value is -1.78. The molecular weight excluding hydrogens is 222 g/mol. The lowest BCUT2D eigenvalue weighted by molar-refractivity contribution is -0.138. The highest BCUT2D eigenvalue weighted by atomic mass is 16.4. The molecule has 17 heavy (non-hydrogen) atoms. The summed E-state index contributed by atoms with van der Waals surface area (Å²) < 4.78 is 5.22. The number of hydrogen-bond acceptors (Lipinski definition) is 3. The Balaban J connectivity index is 2.99. The third-order valence-corrected chi connectivity index (χ3v) is 2.30. The molecule has 5 nitrogen and oxygen atoms in total. The van der Waals surface area contributed by atoms with E-state index in [2.05, 4.69) is 0 Å². The maximum absolute atomic E-state index is 12.1. The number of hydrogen-bond donors (Lipinski definition) is 1. The van der Waals surface area contributed by atoms with E-state index in [1.807, 2.05) is 0 Å². The average molecular weight is 239 g/mol. The molecule has 0 aliphatic carbocycles. The Bertz CT molecular complexity index is 428. The quantitative estimate of drug-likeness (QED) is 0.874. The second-order valence-electron chi connectivity index (χ2n) is 4.87. The molecule has 0 spiro atoms. The molecule has 1 aromatic rings. The Kier molecular flexibility index (Phi) is 3.60. The van der Waals surface area contributed by atoms with Gasteiger partial charge in [-0.25, -0.2) is 0 Å². The van der Waals surface area contributed by atoms with E-state index in [4.69, 9.17) is 9.52 Å². The van der Waals surface area contributed by atoms with Crippen LogP contribution in [0.1, 0.15) is 37.1 Å². The van der Waals surface area contributed by atoms with Crippen molar-refractivity contribution in [3.63, 3.8) is 0 Å². The zero-order chi connectivity index (χ0) is 13.2. The molecule has 0 saturated carbocycles. The summed E-state index contributed by atoms with van der Waals surface area (Å²) in [5.74, 6) is -0.666. The molecule has 1 heterocycles. The molecule has 1 amide bonds. The van der Waals surface area contributed by atoms with Crippen LogP contribution in [0.3, 0.4) is 0 Å². The maximum Gasteiger partial charge on any atom is 0.323 e. The molecule has 0 aromatic carbocycles. The predicted molar refractivity (Wildman–Crippen MR) is 61.9 cm³/mol. The van der Waals surface area contributed by atoms with Crippen LogP contribution in [0.2, 0.25) is 0 Å². The summed E-state index contributed by atoms with van der Waals surface area (Å²) >= 11 is 0. The zero-order valence-electron chi connectivity index (χ0n) is 10.5. The van der Waals surface area contributed by atoms with Crippen molar-refractivity contribution in [1.82, 2.24) is 4.90 Å². The van der Waals surface area contributed by atoms with Crippen LogP contribution in [0.25, 0.3) is 0 Å². The number of carbonyl (C=O) groups is 2. The van der Waals surface area contributed by atoms with Crippen LogP contribution in [0.4, 0.5) is 0 Å². The minimum absolute atomic E-state index is 0.165. The third kappa shape index (κ3) is 3.34. The minimum Gasteiger partial charge on any atom is -0.480 e. The van der Waals surface area contributed by atoms with Crippen molar-refractivity contribution >= 4 is 11.9 Å². The van der Waals surface area contributed by atoms with E-state index < -0.39 is 17.4 Å². The van der Waals surface area contributed by atoms with Crippen LogP contribution < -0.4 is 0 Å². The fourth-order valence-corrected chi connectivity index (χ4v) is 1.43. The van der Waals surface area contributed by atoms with Gasteiger partial charge in [0.15, 0.2) is 5.76 Å². The first-order valence-corrected chi connectivity index (χ1v) is 5.32. The van der Waals surface area contributed by atoms with Crippen LogP contribution >= 0.6 is 0 Å². The van der Waals surface area contributed by atoms with E-state index in [1.54, 1.807) is 39.8 Å². The number of aliphatic carboxylic acids is 1. The molecule has 1 rings (SSSR count). The number of amides is 1. The molecule has 1 N–H and O–H groups in total. The highest BCUT2D eigenvalue weighted by molar-refractivity contribution is 5.94. The molecule has 0 aliphatic rings. The molecule has 0 atom stereocenters. The Morgan fingerprint density at radius 1 is 1.35 bits per heavy atom. The number of rotatable bonds is 3. The Morgan fingerprint density at radius 3 is 2.29 bits per heavy atom. The summed E-state index contributed by atoms with van der Waals surface area (Å²) in [6.45, 7) is 6.73. The van der Waals surface area contributed by atoms with Gasteiger partial charge in [-0.05, 0) is 39.8 Å². The monoisotopic (exact) mass is 239 g/mol. The van der Waals surface area contributed by atoms with Crippen molar-refractivity contribution in [2.24, 2.45) is 0 Å². The van der Waals surface area contributed by atoms with Gasteiger partial charge in [0.05, 0.1) is 0 Å². The number of carboxylic acids is 1. The van der Waals surface area contributed by atoms with Crippen LogP contribution in [-0.4, -0.2) is 34.0 Å². The average Bonchev–Trinajstić information content (AvgIpc) is 2.58. The lowest BCUT2D eigenvalue weighted by Gasteiger charge is -2.33.